The van der Waals surface area contributed by atoms with Gasteiger partial charge in [0.2, 0.25) is 23.6 Å². The molecule has 1 aliphatic carbocycles. The molecule has 0 bridgehead atoms. The summed E-state index contributed by atoms with van der Waals surface area (Å²) in [7, 11) is 0. The minimum absolute atomic E-state index is 0.168. The topological polar surface area (TPSA) is 101 Å². The van der Waals surface area contributed by atoms with Crippen molar-refractivity contribution < 1.29 is 19.2 Å². The number of imide groups is 2. The molecule has 8 heteroatoms. The van der Waals surface area contributed by atoms with E-state index in [1.54, 1.807) is 48.5 Å². The summed E-state index contributed by atoms with van der Waals surface area (Å²) >= 11 is 0. The van der Waals surface area contributed by atoms with Crippen LogP contribution in [0.1, 0.15) is 11.4 Å². The number of fused-ring (bicyclic) bond motifs is 5. The van der Waals surface area contributed by atoms with E-state index in [0.717, 1.165) is 0 Å². The summed E-state index contributed by atoms with van der Waals surface area (Å²) in [6.07, 6.45) is 0.337. The molecule has 38 heavy (non-hydrogen) atoms. The normalized spacial score (nSPS) is 24.7. The number of hydrogen-bond acceptors (Lipinski definition) is 6. The van der Waals surface area contributed by atoms with Gasteiger partial charge in [-0.1, -0.05) is 48.5 Å². The third-order valence-electron chi connectivity index (χ3n) is 7.92. The Bertz CT molecular complexity index is 1520. The standard InChI is InChI=1S/C30H22N4O4/c35-27-19-15-23-24(32-22-14-8-7-13-21(22)31-23)16-20-26(25(19)29(37)33(27)17-9-3-1-4-10-17)30(38)34(28(20)36)18-11-5-2-6-12-18/h1-14,19-20,25-26H,15-16H2/t19-,20-,25-,26-/m1/s1. The van der Waals surface area contributed by atoms with E-state index in [2.05, 4.69) is 0 Å². The Balaban J connectivity index is 1.42. The fourth-order valence-electron chi connectivity index (χ4n) is 6.21. The molecule has 3 heterocycles. The molecule has 0 spiro atoms. The number of para-hydroxylation sites is 4. The highest BCUT2D eigenvalue weighted by Crippen LogP contribution is 2.47. The second-order valence-corrected chi connectivity index (χ2v) is 9.97. The predicted molar refractivity (Wildman–Crippen MR) is 139 cm³/mol. The molecule has 4 atom stereocenters. The Hall–Kier alpha value is -4.72. The number of amides is 4. The van der Waals surface area contributed by atoms with Gasteiger partial charge in [-0.05, 0) is 36.4 Å². The van der Waals surface area contributed by atoms with Gasteiger partial charge in [-0.15, -0.1) is 0 Å². The number of carbonyl (C=O) groups is 4. The van der Waals surface area contributed by atoms with Crippen LogP contribution in [0.5, 0.6) is 0 Å². The van der Waals surface area contributed by atoms with Crippen LogP contribution >= 0.6 is 0 Å². The van der Waals surface area contributed by atoms with Crippen LogP contribution in [0, 0.1) is 23.7 Å². The first kappa shape index (κ1) is 22.5. The largest absolute Gasteiger partial charge is 0.274 e. The lowest BCUT2D eigenvalue weighted by molar-refractivity contribution is -0.131. The molecular formula is C30H22N4O4. The van der Waals surface area contributed by atoms with Crippen LogP contribution < -0.4 is 9.80 Å². The van der Waals surface area contributed by atoms with Gasteiger partial charge in [0.1, 0.15) is 0 Å². The zero-order chi connectivity index (χ0) is 26.0. The SMILES string of the molecule is O=C1[C@H]2[C@@H]3C(=O)N(c4ccccc4)C(=O)[C@@H]3Cc3nc4ccccc4nc3C[C@H]2C(=O)N1c1ccccc1. The molecule has 0 unspecified atom stereocenters. The summed E-state index contributed by atoms with van der Waals surface area (Å²) in [5, 5.41) is 0. The lowest BCUT2D eigenvalue weighted by atomic mass is 9.72. The van der Waals surface area contributed by atoms with Gasteiger partial charge in [0, 0.05) is 12.8 Å². The van der Waals surface area contributed by atoms with Crippen LogP contribution in [0.25, 0.3) is 11.0 Å². The zero-order valence-corrected chi connectivity index (χ0v) is 20.2. The Labute approximate surface area is 217 Å². The molecule has 3 aromatic carbocycles. The second-order valence-electron chi connectivity index (χ2n) is 9.97. The van der Waals surface area contributed by atoms with E-state index in [1.807, 2.05) is 36.4 Å². The second kappa shape index (κ2) is 8.41. The maximum Gasteiger partial charge on any atom is 0.238 e. The van der Waals surface area contributed by atoms with Gasteiger partial charge in [-0.3, -0.25) is 29.0 Å². The highest BCUT2D eigenvalue weighted by Gasteiger charge is 2.61. The minimum Gasteiger partial charge on any atom is -0.274 e. The fourth-order valence-corrected chi connectivity index (χ4v) is 6.21. The van der Waals surface area contributed by atoms with E-state index in [0.29, 0.717) is 33.8 Å². The summed E-state index contributed by atoms with van der Waals surface area (Å²) in [5.41, 5.74) is 3.44. The molecule has 7 rings (SSSR count). The molecule has 1 aromatic heterocycles. The first-order chi connectivity index (χ1) is 18.5. The van der Waals surface area contributed by atoms with E-state index in [1.165, 1.54) is 9.80 Å². The molecule has 4 aromatic rings. The molecular weight excluding hydrogens is 480 g/mol. The molecule has 0 N–H and O–H groups in total. The molecule has 0 radical (unpaired) electrons. The van der Waals surface area contributed by atoms with Crippen LogP contribution in [0.2, 0.25) is 0 Å². The Morgan fingerprint density at radius 3 is 1.26 bits per heavy atom. The van der Waals surface area contributed by atoms with E-state index in [9.17, 15) is 19.2 Å². The van der Waals surface area contributed by atoms with E-state index in [-0.39, 0.29) is 24.7 Å². The van der Waals surface area contributed by atoms with Gasteiger partial charge in [0.15, 0.2) is 0 Å². The minimum atomic E-state index is -0.973. The number of hydrogen-bond donors (Lipinski definition) is 0. The third kappa shape index (κ3) is 3.23. The molecule has 8 nitrogen and oxygen atoms in total. The van der Waals surface area contributed by atoms with Crippen molar-refractivity contribution in [3.05, 3.63) is 96.3 Å². The van der Waals surface area contributed by atoms with Gasteiger partial charge in [-0.25, -0.2) is 9.97 Å². The van der Waals surface area contributed by atoms with Crippen LogP contribution in [-0.2, 0) is 32.0 Å². The van der Waals surface area contributed by atoms with Gasteiger partial charge < -0.3 is 0 Å². The summed E-state index contributed by atoms with van der Waals surface area (Å²) < 4.78 is 0. The van der Waals surface area contributed by atoms with Crippen molar-refractivity contribution >= 4 is 46.0 Å². The van der Waals surface area contributed by atoms with Crippen molar-refractivity contribution in [3.63, 3.8) is 0 Å². The number of carbonyl (C=O) groups excluding carboxylic acids is 4. The maximum absolute atomic E-state index is 14.0. The van der Waals surface area contributed by atoms with Crippen molar-refractivity contribution in [1.29, 1.82) is 0 Å². The molecule has 186 valence electrons. The lowest BCUT2D eigenvalue weighted by Crippen LogP contribution is -2.39. The summed E-state index contributed by atoms with van der Waals surface area (Å²) in [6, 6.07) is 24.9. The van der Waals surface area contributed by atoms with E-state index >= 15 is 0 Å². The van der Waals surface area contributed by atoms with Crippen LogP contribution in [-0.4, -0.2) is 33.6 Å². The predicted octanol–water partition coefficient (Wildman–Crippen LogP) is 3.34. The van der Waals surface area contributed by atoms with Crippen LogP contribution in [0.4, 0.5) is 11.4 Å². The fraction of sp³-hybridized carbons (Fsp3) is 0.200. The number of aromatic nitrogens is 2. The number of anilines is 2. The Morgan fingerprint density at radius 1 is 0.500 bits per heavy atom. The highest BCUT2D eigenvalue weighted by atomic mass is 16.2. The third-order valence-corrected chi connectivity index (χ3v) is 7.92. The summed E-state index contributed by atoms with van der Waals surface area (Å²) in [5.74, 6) is -5.28. The van der Waals surface area contributed by atoms with Crippen molar-refractivity contribution in [1.82, 2.24) is 9.97 Å². The molecule has 3 aliphatic rings. The van der Waals surface area contributed by atoms with E-state index < -0.39 is 35.5 Å². The van der Waals surface area contributed by atoms with Crippen LogP contribution in [0.15, 0.2) is 84.9 Å². The van der Waals surface area contributed by atoms with Crippen molar-refractivity contribution in [2.75, 3.05) is 9.80 Å². The molecule has 2 fully saturated rings. The monoisotopic (exact) mass is 502 g/mol. The molecule has 2 aliphatic heterocycles. The highest BCUT2D eigenvalue weighted by molar-refractivity contribution is 6.27. The lowest BCUT2D eigenvalue weighted by Gasteiger charge is -2.27. The van der Waals surface area contributed by atoms with Crippen molar-refractivity contribution in [2.24, 2.45) is 23.7 Å². The number of benzene rings is 3. The number of rotatable bonds is 2. The van der Waals surface area contributed by atoms with Gasteiger partial charge in [-0.2, -0.15) is 0 Å². The summed E-state index contributed by atoms with van der Waals surface area (Å²) in [6.45, 7) is 0. The van der Waals surface area contributed by atoms with Crippen molar-refractivity contribution in [3.8, 4) is 0 Å². The first-order valence-corrected chi connectivity index (χ1v) is 12.6. The van der Waals surface area contributed by atoms with Gasteiger partial charge >= 0.3 is 0 Å². The smallest absolute Gasteiger partial charge is 0.238 e. The average molecular weight is 503 g/mol. The maximum atomic E-state index is 14.0. The molecule has 2 saturated heterocycles. The molecule has 0 saturated carbocycles. The Kier molecular flexibility index (Phi) is 4.97. The Morgan fingerprint density at radius 2 is 0.868 bits per heavy atom. The molecule has 4 amide bonds. The quantitative estimate of drug-likeness (QED) is 0.390. The van der Waals surface area contributed by atoms with Gasteiger partial charge in [0.05, 0.1) is 57.5 Å². The van der Waals surface area contributed by atoms with Gasteiger partial charge in [0.25, 0.3) is 0 Å². The zero-order valence-electron chi connectivity index (χ0n) is 20.2. The summed E-state index contributed by atoms with van der Waals surface area (Å²) in [4.78, 5) is 67.6. The van der Waals surface area contributed by atoms with Crippen molar-refractivity contribution in [2.45, 2.75) is 12.8 Å². The average Bonchev–Trinajstić information content (AvgIpc) is 3.30. The van der Waals surface area contributed by atoms with E-state index in [4.69, 9.17) is 9.97 Å². The number of nitrogens with zero attached hydrogens (tertiary/aromatic N) is 4. The first-order valence-electron chi connectivity index (χ1n) is 12.6. The van der Waals surface area contributed by atoms with Crippen LogP contribution in [0.3, 0.4) is 0 Å².